The van der Waals surface area contributed by atoms with E-state index in [1.807, 2.05) is 24.3 Å². The molecule has 0 aliphatic carbocycles. The van der Waals surface area contributed by atoms with Gasteiger partial charge in [-0.1, -0.05) is 18.2 Å². The maximum Gasteiger partial charge on any atom is 0.284 e. The molecular formula is C18H15NO4. The largest absolute Gasteiger partial charge is 0.493 e. The predicted molar refractivity (Wildman–Crippen MR) is 88.8 cm³/mol. The molecule has 0 fully saturated rings. The first-order valence-electron chi connectivity index (χ1n) is 7.01. The molecule has 3 rings (SSSR count). The lowest BCUT2D eigenvalue weighted by Gasteiger charge is -2.07. The average Bonchev–Trinajstić information content (AvgIpc) is 2.59. The van der Waals surface area contributed by atoms with Gasteiger partial charge in [0.05, 0.1) is 19.6 Å². The molecule has 0 saturated carbocycles. The van der Waals surface area contributed by atoms with Gasteiger partial charge in [-0.05, 0) is 35.9 Å². The number of ether oxygens (including phenoxy) is 2. The van der Waals surface area contributed by atoms with Crippen LogP contribution in [0.2, 0.25) is 0 Å². The zero-order valence-electron chi connectivity index (χ0n) is 12.8. The van der Waals surface area contributed by atoms with E-state index >= 15 is 0 Å². The van der Waals surface area contributed by atoms with E-state index in [0.29, 0.717) is 22.5 Å². The number of rotatable bonds is 4. The lowest BCUT2D eigenvalue weighted by atomic mass is 10.2. The van der Waals surface area contributed by atoms with Crippen LogP contribution in [0.4, 0.5) is 0 Å². The number of hydrogen-bond acceptors (Lipinski definition) is 5. The van der Waals surface area contributed by atoms with Gasteiger partial charge in [0.25, 0.3) is 5.56 Å². The molecule has 116 valence electrons. The maximum absolute atomic E-state index is 12.0. The van der Waals surface area contributed by atoms with Crippen LogP contribution in [0.25, 0.3) is 23.1 Å². The number of nitrogens with zero attached hydrogens (tertiary/aromatic N) is 1. The summed E-state index contributed by atoms with van der Waals surface area (Å²) in [6.07, 6.45) is 3.44. The second kappa shape index (κ2) is 6.36. The van der Waals surface area contributed by atoms with Gasteiger partial charge < -0.3 is 13.9 Å². The Bertz CT molecular complexity index is 928. The number of para-hydroxylation sites is 1. The molecule has 0 unspecified atom stereocenters. The number of fused-ring (bicyclic) bond motifs is 1. The molecule has 0 aliphatic heterocycles. The minimum atomic E-state index is -0.307. The van der Waals surface area contributed by atoms with Crippen molar-refractivity contribution in [3.63, 3.8) is 0 Å². The first-order valence-corrected chi connectivity index (χ1v) is 7.01. The van der Waals surface area contributed by atoms with Crippen LogP contribution in [-0.4, -0.2) is 19.2 Å². The molecule has 5 heteroatoms. The van der Waals surface area contributed by atoms with Gasteiger partial charge in [-0.15, -0.1) is 0 Å². The lowest BCUT2D eigenvalue weighted by Crippen LogP contribution is -2.06. The molecular weight excluding hydrogens is 294 g/mol. The summed E-state index contributed by atoms with van der Waals surface area (Å²) in [6, 6.07) is 12.5. The van der Waals surface area contributed by atoms with E-state index in [4.69, 9.17) is 13.9 Å². The molecule has 0 saturated heterocycles. The van der Waals surface area contributed by atoms with Crippen molar-refractivity contribution in [1.82, 2.24) is 4.98 Å². The highest BCUT2D eigenvalue weighted by molar-refractivity contribution is 5.76. The standard InChI is InChI=1S/C18H15NO4/c1-21-15-9-7-12(11-16(15)22-2)8-10-17-19-18(20)13-5-3-4-6-14(13)23-17/h3-11H,1-2H3/b10-8+. The van der Waals surface area contributed by atoms with Crippen molar-refractivity contribution >= 4 is 23.1 Å². The molecule has 1 aromatic heterocycles. The van der Waals surface area contributed by atoms with Crippen molar-refractivity contribution in [1.29, 1.82) is 0 Å². The molecule has 0 N–H and O–H groups in total. The van der Waals surface area contributed by atoms with Crippen LogP contribution >= 0.6 is 0 Å². The van der Waals surface area contributed by atoms with Gasteiger partial charge in [0.2, 0.25) is 5.89 Å². The van der Waals surface area contributed by atoms with Crippen LogP contribution in [0.3, 0.4) is 0 Å². The third kappa shape index (κ3) is 3.08. The van der Waals surface area contributed by atoms with Crippen molar-refractivity contribution in [3.05, 3.63) is 64.3 Å². The van der Waals surface area contributed by atoms with Crippen LogP contribution in [0.15, 0.2) is 51.7 Å². The minimum absolute atomic E-state index is 0.253. The monoisotopic (exact) mass is 309 g/mol. The Morgan fingerprint density at radius 2 is 1.78 bits per heavy atom. The third-order valence-electron chi connectivity index (χ3n) is 3.37. The van der Waals surface area contributed by atoms with Crippen molar-refractivity contribution in [2.24, 2.45) is 0 Å². The summed E-state index contributed by atoms with van der Waals surface area (Å²) in [5.41, 5.74) is 1.08. The second-order valence-corrected chi connectivity index (χ2v) is 4.80. The quantitative estimate of drug-likeness (QED) is 0.739. The fourth-order valence-corrected chi connectivity index (χ4v) is 2.22. The van der Waals surface area contributed by atoms with Crippen molar-refractivity contribution in [3.8, 4) is 11.5 Å². The Labute approximate surface area is 132 Å². The van der Waals surface area contributed by atoms with Gasteiger partial charge in [0.1, 0.15) is 5.58 Å². The van der Waals surface area contributed by atoms with E-state index in [2.05, 4.69) is 4.98 Å². The Balaban J connectivity index is 1.95. The molecule has 5 nitrogen and oxygen atoms in total. The van der Waals surface area contributed by atoms with Crippen molar-refractivity contribution in [2.45, 2.75) is 0 Å². The Hall–Kier alpha value is -3.08. The van der Waals surface area contributed by atoms with Gasteiger partial charge in [-0.25, -0.2) is 0 Å². The van der Waals surface area contributed by atoms with E-state index in [1.165, 1.54) is 0 Å². The van der Waals surface area contributed by atoms with Crippen molar-refractivity contribution < 1.29 is 13.9 Å². The summed E-state index contributed by atoms with van der Waals surface area (Å²) in [6.45, 7) is 0. The summed E-state index contributed by atoms with van der Waals surface area (Å²) < 4.78 is 16.1. The van der Waals surface area contributed by atoms with Gasteiger partial charge in [0, 0.05) is 6.08 Å². The lowest BCUT2D eigenvalue weighted by molar-refractivity contribution is 0.355. The summed E-state index contributed by atoms with van der Waals surface area (Å²) in [5, 5.41) is 0.468. The maximum atomic E-state index is 12.0. The van der Waals surface area contributed by atoms with E-state index < -0.39 is 0 Å². The van der Waals surface area contributed by atoms with E-state index in [1.54, 1.807) is 44.6 Å². The molecule has 1 heterocycles. The molecule has 23 heavy (non-hydrogen) atoms. The van der Waals surface area contributed by atoms with E-state index in [9.17, 15) is 4.79 Å². The van der Waals surface area contributed by atoms with Crippen LogP contribution in [-0.2, 0) is 0 Å². The average molecular weight is 309 g/mol. The summed E-state index contributed by atoms with van der Waals surface area (Å²) in [7, 11) is 3.16. The molecule has 0 spiro atoms. The smallest absolute Gasteiger partial charge is 0.284 e. The van der Waals surface area contributed by atoms with E-state index in [0.717, 1.165) is 5.56 Å². The normalized spacial score (nSPS) is 11.0. The molecule has 0 aliphatic rings. The second-order valence-electron chi connectivity index (χ2n) is 4.80. The number of hydrogen-bond donors (Lipinski definition) is 0. The highest BCUT2D eigenvalue weighted by Gasteiger charge is 2.05. The van der Waals surface area contributed by atoms with E-state index in [-0.39, 0.29) is 11.4 Å². The summed E-state index contributed by atoms with van der Waals surface area (Å²) >= 11 is 0. The molecule has 0 bridgehead atoms. The summed E-state index contributed by atoms with van der Waals surface area (Å²) in [4.78, 5) is 15.9. The van der Waals surface area contributed by atoms with Crippen LogP contribution < -0.4 is 15.0 Å². The fourth-order valence-electron chi connectivity index (χ4n) is 2.22. The zero-order valence-corrected chi connectivity index (χ0v) is 12.8. The molecule has 0 radical (unpaired) electrons. The zero-order chi connectivity index (χ0) is 16.2. The minimum Gasteiger partial charge on any atom is -0.493 e. The van der Waals surface area contributed by atoms with Crippen molar-refractivity contribution in [2.75, 3.05) is 14.2 Å². The summed E-state index contributed by atoms with van der Waals surface area (Å²) in [5.74, 6) is 1.53. The predicted octanol–water partition coefficient (Wildman–Crippen LogP) is 3.38. The topological polar surface area (TPSA) is 61.6 Å². The Morgan fingerprint density at radius 1 is 1.00 bits per heavy atom. The number of aromatic nitrogens is 1. The first kappa shape index (κ1) is 14.8. The highest BCUT2D eigenvalue weighted by atomic mass is 16.5. The highest BCUT2D eigenvalue weighted by Crippen LogP contribution is 2.28. The van der Waals surface area contributed by atoms with Crippen LogP contribution in [0.1, 0.15) is 11.5 Å². The Kier molecular flexibility index (Phi) is 4.10. The molecule has 0 atom stereocenters. The van der Waals surface area contributed by atoms with Gasteiger partial charge >= 0.3 is 0 Å². The SMILES string of the molecule is COc1ccc(/C=C/c2nc(=O)c3ccccc3o2)cc1OC. The van der Waals surface area contributed by atoms with Crippen LogP contribution in [0.5, 0.6) is 11.5 Å². The first-order chi connectivity index (χ1) is 11.2. The van der Waals surface area contributed by atoms with Gasteiger partial charge in [0.15, 0.2) is 11.5 Å². The van der Waals surface area contributed by atoms with Crippen LogP contribution in [0, 0.1) is 0 Å². The fraction of sp³-hybridized carbons (Fsp3) is 0.111. The van der Waals surface area contributed by atoms with Gasteiger partial charge in [-0.3, -0.25) is 4.79 Å². The number of benzene rings is 2. The molecule has 0 amide bonds. The third-order valence-corrected chi connectivity index (χ3v) is 3.37. The molecule has 3 aromatic rings. The van der Waals surface area contributed by atoms with Gasteiger partial charge in [-0.2, -0.15) is 4.98 Å². The molecule has 2 aromatic carbocycles. The number of methoxy groups -OCH3 is 2. The Morgan fingerprint density at radius 3 is 2.57 bits per heavy atom.